The molecule has 0 radical (unpaired) electrons. The number of nitrogens with zero attached hydrogens (tertiary/aromatic N) is 1. The number of methoxy groups -OCH3 is 1. The molecule has 0 spiro atoms. The monoisotopic (exact) mass is 214 g/mol. The maximum absolute atomic E-state index is 11.8. The van der Waals surface area contributed by atoms with E-state index in [0.29, 0.717) is 13.2 Å². The van der Waals surface area contributed by atoms with Gasteiger partial charge in [-0.2, -0.15) is 0 Å². The molecule has 2 atom stereocenters. The number of imide groups is 1. The predicted octanol–water partition coefficient (Wildman–Crippen LogP) is -0.658. The highest BCUT2D eigenvalue weighted by Gasteiger charge is 2.42. The van der Waals surface area contributed by atoms with Crippen LogP contribution in [0.1, 0.15) is 6.42 Å². The average Bonchev–Trinajstić information content (AvgIpc) is 2.77. The number of nitrogens with one attached hydrogen (secondary N) is 1. The van der Waals surface area contributed by atoms with Crippen LogP contribution in [0.4, 0.5) is 4.79 Å². The van der Waals surface area contributed by atoms with Crippen LogP contribution in [0.3, 0.4) is 0 Å². The van der Waals surface area contributed by atoms with E-state index in [1.165, 1.54) is 12.0 Å². The summed E-state index contributed by atoms with van der Waals surface area (Å²) in [7, 11) is 1.50. The van der Waals surface area contributed by atoms with Crippen molar-refractivity contribution in [1.29, 1.82) is 0 Å². The number of ether oxygens (including phenoxy) is 2. The van der Waals surface area contributed by atoms with Crippen molar-refractivity contribution in [2.24, 2.45) is 0 Å². The first-order chi connectivity index (χ1) is 7.24. The number of urea groups is 1. The third-order valence-electron chi connectivity index (χ3n) is 2.66. The van der Waals surface area contributed by atoms with Gasteiger partial charge in [0.15, 0.2) is 0 Å². The number of hydrogen-bond acceptors (Lipinski definition) is 4. The van der Waals surface area contributed by atoms with Crippen LogP contribution < -0.4 is 5.32 Å². The molecule has 2 fully saturated rings. The lowest BCUT2D eigenvalue weighted by Crippen LogP contribution is -2.41. The number of rotatable bonds is 3. The smallest absolute Gasteiger partial charge is 0.325 e. The van der Waals surface area contributed by atoms with Gasteiger partial charge in [0.1, 0.15) is 6.04 Å². The Morgan fingerprint density at radius 1 is 1.60 bits per heavy atom. The van der Waals surface area contributed by atoms with Crippen molar-refractivity contribution in [3.05, 3.63) is 0 Å². The van der Waals surface area contributed by atoms with Crippen molar-refractivity contribution >= 4 is 11.9 Å². The van der Waals surface area contributed by atoms with Crippen LogP contribution in [0.5, 0.6) is 0 Å². The highest BCUT2D eigenvalue weighted by molar-refractivity contribution is 6.04. The fourth-order valence-electron chi connectivity index (χ4n) is 1.90. The lowest BCUT2D eigenvalue weighted by molar-refractivity contribution is -0.130. The molecule has 2 aliphatic rings. The molecule has 2 rings (SSSR count). The maximum atomic E-state index is 11.8. The molecule has 0 bridgehead atoms. The van der Waals surface area contributed by atoms with Gasteiger partial charge in [-0.3, -0.25) is 9.69 Å². The third kappa shape index (κ3) is 1.82. The minimum atomic E-state index is -0.539. The SMILES string of the molecule is COCC1NC(=O)N(C2CCOC2)C1=O. The van der Waals surface area contributed by atoms with Gasteiger partial charge in [0.2, 0.25) is 0 Å². The maximum Gasteiger partial charge on any atom is 0.325 e. The van der Waals surface area contributed by atoms with E-state index in [1.54, 1.807) is 0 Å². The van der Waals surface area contributed by atoms with Gasteiger partial charge in [0, 0.05) is 13.7 Å². The topological polar surface area (TPSA) is 67.9 Å². The first-order valence-electron chi connectivity index (χ1n) is 4.94. The van der Waals surface area contributed by atoms with E-state index in [-0.39, 0.29) is 24.6 Å². The predicted molar refractivity (Wildman–Crippen MR) is 50.3 cm³/mol. The summed E-state index contributed by atoms with van der Waals surface area (Å²) in [6, 6.07) is -0.986. The van der Waals surface area contributed by atoms with Crippen molar-refractivity contribution in [2.75, 3.05) is 26.9 Å². The van der Waals surface area contributed by atoms with Crippen LogP contribution in [-0.2, 0) is 14.3 Å². The van der Waals surface area contributed by atoms with Crippen molar-refractivity contribution in [3.63, 3.8) is 0 Å². The molecule has 0 aliphatic carbocycles. The normalized spacial score (nSPS) is 31.1. The molecule has 3 amide bonds. The summed E-state index contributed by atoms with van der Waals surface area (Å²) in [5, 5.41) is 2.59. The zero-order chi connectivity index (χ0) is 10.8. The lowest BCUT2D eigenvalue weighted by atomic mass is 10.2. The molecule has 2 unspecified atom stereocenters. The number of carbonyl (C=O) groups excluding carboxylic acids is 2. The molecule has 0 saturated carbocycles. The molecule has 0 aromatic carbocycles. The zero-order valence-electron chi connectivity index (χ0n) is 8.56. The average molecular weight is 214 g/mol. The van der Waals surface area contributed by atoms with Crippen molar-refractivity contribution in [2.45, 2.75) is 18.5 Å². The standard InChI is InChI=1S/C9H14N2O4/c1-14-5-7-8(12)11(9(13)10-7)6-2-3-15-4-6/h6-7H,2-5H2,1H3,(H,10,13). The Morgan fingerprint density at radius 2 is 2.40 bits per heavy atom. The molecule has 2 saturated heterocycles. The molecule has 6 heteroatoms. The summed E-state index contributed by atoms with van der Waals surface area (Å²) in [6.45, 7) is 1.27. The Kier molecular flexibility index (Phi) is 2.88. The molecular formula is C9H14N2O4. The second kappa shape index (κ2) is 4.16. The first-order valence-corrected chi connectivity index (χ1v) is 4.94. The summed E-state index contributed by atoms with van der Waals surface area (Å²) in [5.41, 5.74) is 0. The van der Waals surface area contributed by atoms with E-state index in [9.17, 15) is 9.59 Å². The van der Waals surface area contributed by atoms with Crippen LogP contribution in [0.25, 0.3) is 0 Å². The molecule has 1 N–H and O–H groups in total. The highest BCUT2D eigenvalue weighted by atomic mass is 16.5. The Morgan fingerprint density at radius 3 is 3.00 bits per heavy atom. The molecule has 2 aliphatic heterocycles. The largest absolute Gasteiger partial charge is 0.382 e. The molecule has 6 nitrogen and oxygen atoms in total. The van der Waals surface area contributed by atoms with E-state index >= 15 is 0 Å². The fraction of sp³-hybridized carbons (Fsp3) is 0.778. The summed E-state index contributed by atoms with van der Waals surface area (Å²) < 4.78 is 10.0. The minimum absolute atomic E-state index is 0.112. The molecule has 0 aromatic rings. The summed E-state index contributed by atoms with van der Waals surface area (Å²) >= 11 is 0. The summed E-state index contributed by atoms with van der Waals surface area (Å²) in [4.78, 5) is 24.6. The molecule has 2 heterocycles. The van der Waals surface area contributed by atoms with Gasteiger partial charge in [0.05, 0.1) is 19.3 Å². The quantitative estimate of drug-likeness (QED) is 0.633. The molecule has 0 aromatic heterocycles. The Balaban J connectivity index is 2.05. The van der Waals surface area contributed by atoms with Gasteiger partial charge in [-0.1, -0.05) is 0 Å². The van der Waals surface area contributed by atoms with Gasteiger partial charge >= 0.3 is 6.03 Å². The number of carbonyl (C=O) groups is 2. The van der Waals surface area contributed by atoms with Crippen LogP contribution in [0.2, 0.25) is 0 Å². The van der Waals surface area contributed by atoms with Crippen molar-refractivity contribution in [3.8, 4) is 0 Å². The zero-order valence-corrected chi connectivity index (χ0v) is 8.56. The molecular weight excluding hydrogens is 200 g/mol. The van der Waals surface area contributed by atoms with Gasteiger partial charge < -0.3 is 14.8 Å². The first kappa shape index (κ1) is 10.4. The Labute approximate surface area is 87.5 Å². The Hall–Kier alpha value is -1.14. The van der Waals surface area contributed by atoms with Crippen LogP contribution in [0, 0.1) is 0 Å². The highest BCUT2D eigenvalue weighted by Crippen LogP contribution is 2.17. The van der Waals surface area contributed by atoms with Gasteiger partial charge in [-0.25, -0.2) is 4.79 Å². The van der Waals surface area contributed by atoms with Crippen LogP contribution in [-0.4, -0.2) is 55.9 Å². The van der Waals surface area contributed by atoms with E-state index in [0.717, 1.165) is 6.42 Å². The van der Waals surface area contributed by atoms with E-state index < -0.39 is 6.04 Å². The summed E-state index contributed by atoms with van der Waals surface area (Å²) in [5.74, 6) is -0.211. The lowest BCUT2D eigenvalue weighted by Gasteiger charge is -2.18. The van der Waals surface area contributed by atoms with Crippen LogP contribution in [0.15, 0.2) is 0 Å². The van der Waals surface area contributed by atoms with Crippen molar-refractivity contribution in [1.82, 2.24) is 10.2 Å². The fourth-order valence-corrected chi connectivity index (χ4v) is 1.90. The Bertz CT molecular complexity index is 275. The molecule has 84 valence electrons. The summed E-state index contributed by atoms with van der Waals surface area (Å²) in [6.07, 6.45) is 0.721. The third-order valence-corrected chi connectivity index (χ3v) is 2.66. The minimum Gasteiger partial charge on any atom is -0.382 e. The van der Waals surface area contributed by atoms with E-state index in [4.69, 9.17) is 9.47 Å². The van der Waals surface area contributed by atoms with E-state index in [2.05, 4.69) is 5.32 Å². The second-order valence-corrected chi connectivity index (χ2v) is 3.68. The molecule has 15 heavy (non-hydrogen) atoms. The van der Waals surface area contributed by atoms with Gasteiger partial charge in [-0.15, -0.1) is 0 Å². The van der Waals surface area contributed by atoms with Crippen molar-refractivity contribution < 1.29 is 19.1 Å². The second-order valence-electron chi connectivity index (χ2n) is 3.68. The number of hydrogen-bond donors (Lipinski definition) is 1. The van der Waals surface area contributed by atoms with Gasteiger partial charge in [0.25, 0.3) is 5.91 Å². The van der Waals surface area contributed by atoms with Gasteiger partial charge in [-0.05, 0) is 6.42 Å². The van der Waals surface area contributed by atoms with E-state index in [1.807, 2.05) is 0 Å². The van der Waals surface area contributed by atoms with Crippen LogP contribution >= 0.6 is 0 Å². The number of amides is 3.